The van der Waals surface area contributed by atoms with Gasteiger partial charge in [-0.25, -0.2) is 10.1 Å². The summed E-state index contributed by atoms with van der Waals surface area (Å²) in [6.07, 6.45) is 1.53. The number of hydrogen-bond donors (Lipinski definition) is 2. The number of rotatable bonds is 9. The molecule has 0 aliphatic heterocycles. The number of thioether (sulfide) groups is 1. The molecule has 0 bridgehead atoms. The quantitative estimate of drug-likeness (QED) is 0.202. The molecule has 34 heavy (non-hydrogen) atoms. The van der Waals surface area contributed by atoms with Gasteiger partial charge in [0.25, 0.3) is 5.91 Å². The van der Waals surface area contributed by atoms with Crippen LogP contribution in [-0.4, -0.2) is 36.9 Å². The van der Waals surface area contributed by atoms with Crippen molar-refractivity contribution in [2.24, 2.45) is 5.10 Å². The maximum atomic E-state index is 12.9. The van der Waals surface area contributed by atoms with Gasteiger partial charge >= 0.3 is 0 Å². The van der Waals surface area contributed by atoms with Crippen molar-refractivity contribution in [1.29, 1.82) is 0 Å². The first-order chi connectivity index (χ1) is 16.5. The highest BCUT2D eigenvalue weighted by Crippen LogP contribution is 2.27. The lowest BCUT2D eigenvalue weighted by Gasteiger charge is -2.06. The minimum absolute atomic E-state index is 0.0318. The third-order valence-corrected chi connectivity index (χ3v) is 6.11. The van der Waals surface area contributed by atoms with Gasteiger partial charge in [-0.2, -0.15) is 9.78 Å². The maximum Gasteiger partial charge on any atom is 0.293 e. The van der Waals surface area contributed by atoms with Crippen molar-refractivity contribution in [1.82, 2.24) is 30.7 Å². The fourth-order valence-corrected chi connectivity index (χ4v) is 4.04. The second-order valence-electron chi connectivity index (χ2n) is 7.29. The van der Waals surface area contributed by atoms with Crippen molar-refractivity contribution in [2.45, 2.75) is 30.4 Å². The number of benzene rings is 2. The van der Waals surface area contributed by atoms with Crippen LogP contribution in [0.25, 0.3) is 5.82 Å². The number of carbonyl (C=O) groups excluding carboxylic acids is 1. The van der Waals surface area contributed by atoms with Gasteiger partial charge in [0.05, 0.1) is 5.69 Å². The number of carbonyl (C=O) groups is 1. The molecule has 2 aromatic heterocycles. The predicted octanol–water partition coefficient (Wildman–Crippen LogP) is 3.92. The molecular weight excluding hydrogens is 476 g/mol. The molecule has 12 heteroatoms. The number of anilines is 1. The van der Waals surface area contributed by atoms with Crippen molar-refractivity contribution in [3.05, 3.63) is 76.6 Å². The van der Waals surface area contributed by atoms with Gasteiger partial charge < -0.3 is 5.73 Å². The zero-order valence-corrected chi connectivity index (χ0v) is 19.8. The Morgan fingerprint density at radius 2 is 1.94 bits per heavy atom. The van der Waals surface area contributed by atoms with Crippen LogP contribution in [0.3, 0.4) is 0 Å². The molecule has 0 radical (unpaired) electrons. The van der Waals surface area contributed by atoms with Crippen LogP contribution in [0.5, 0.6) is 0 Å². The largest absolute Gasteiger partial charge is 0.378 e. The van der Waals surface area contributed by atoms with Gasteiger partial charge in [-0.1, -0.05) is 47.1 Å². The second kappa shape index (κ2) is 10.9. The normalized spacial score (nSPS) is 11.5. The number of halogens is 1. The summed E-state index contributed by atoms with van der Waals surface area (Å²) in [5.41, 5.74) is 11.0. The van der Waals surface area contributed by atoms with Crippen LogP contribution in [0.2, 0.25) is 5.02 Å². The average Bonchev–Trinajstić information content (AvgIpc) is 3.47. The molecule has 4 aromatic rings. The van der Waals surface area contributed by atoms with Crippen molar-refractivity contribution in [2.75, 3.05) is 5.73 Å². The summed E-state index contributed by atoms with van der Waals surface area (Å²) < 4.78 is 6.03. The Morgan fingerprint density at radius 3 is 2.65 bits per heavy atom. The van der Waals surface area contributed by atoms with Crippen molar-refractivity contribution in [3.8, 4) is 5.82 Å². The van der Waals surface area contributed by atoms with E-state index in [1.807, 2.05) is 37.3 Å². The molecule has 1 amide bonds. The van der Waals surface area contributed by atoms with E-state index in [9.17, 15) is 4.79 Å². The zero-order chi connectivity index (χ0) is 23.9. The Balaban J connectivity index is 1.50. The van der Waals surface area contributed by atoms with Gasteiger partial charge in [-0.15, -0.1) is 16.9 Å². The Hall–Kier alpha value is -3.70. The number of nitrogens with zero attached hydrogens (tertiary/aromatic N) is 6. The Kier molecular flexibility index (Phi) is 7.55. The lowest BCUT2D eigenvalue weighted by Crippen LogP contribution is -2.21. The van der Waals surface area contributed by atoms with Crippen LogP contribution in [0, 0.1) is 0 Å². The third-order valence-electron chi connectivity index (χ3n) is 4.83. The maximum absolute atomic E-state index is 12.9. The molecule has 0 saturated carbocycles. The number of nitrogens with two attached hydrogens (primary N) is 1. The number of amides is 1. The van der Waals surface area contributed by atoms with Crippen LogP contribution in [0.1, 0.15) is 35.1 Å². The van der Waals surface area contributed by atoms with Crippen LogP contribution in [-0.2, 0) is 12.2 Å². The Bertz CT molecular complexity index is 1290. The smallest absolute Gasteiger partial charge is 0.293 e. The number of nitrogen functional groups attached to an aromatic ring is 1. The van der Waals surface area contributed by atoms with Crippen molar-refractivity contribution < 1.29 is 9.42 Å². The molecule has 2 aromatic carbocycles. The van der Waals surface area contributed by atoms with E-state index >= 15 is 0 Å². The number of aromatic nitrogens is 5. The summed E-state index contributed by atoms with van der Waals surface area (Å²) in [6.45, 7) is 1.86. The molecule has 0 fully saturated rings. The van der Waals surface area contributed by atoms with Crippen molar-refractivity contribution >= 4 is 40.8 Å². The molecule has 0 unspecified atom stereocenters. The van der Waals surface area contributed by atoms with Gasteiger partial charge in [0.2, 0.25) is 11.6 Å². The molecule has 0 saturated heterocycles. The summed E-state index contributed by atoms with van der Waals surface area (Å²) in [5, 5.41) is 20.3. The predicted molar refractivity (Wildman–Crippen MR) is 130 cm³/mol. The molecular formula is C22H21ClN8O2S. The number of aryl methyl sites for hydroxylation is 1. The molecule has 0 aliphatic rings. The fourth-order valence-electron chi connectivity index (χ4n) is 3.02. The fraction of sp³-hybridized carbons (Fsp3) is 0.182. The molecule has 0 aliphatic carbocycles. The molecule has 3 N–H and O–H groups in total. The van der Waals surface area contributed by atoms with Crippen LogP contribution >= 0.6 is 23.4 Å². The summed E-state index contributed by atoms with van der Waals surface area (Å²) >= 11 is 7.44. The van der Waals surface area contributed by atoms with Crippen LogP contribution in [0.4, 0.5) is 5.82 Å². The minimum Gasteiger partial charge on any atom is -0.378 e. The van der Waals surface area contributed by atoms with Gasteiger partial charge in [-0.3, -0.25) is 4.79 Å². The van der Waals surface area contributed by atoms with Gasteiger partial charge in [0.15, 0.2) is 5.69 Å². The SMILES string of the molecule is C/C(CCc1ccccc1)=N/NC(=O)c1nnn(-c2nonc2N)c1CSc1ccc(Cl)cc1. The van der Waals surface area contributed by atoms with E-state index in [-0.39, 0.29) is 17.3 Å². The van der Waals surface area contributed by atoms with Crippen molar-refractivity contribution in [3.63, 3.8) is 0 Å². The minimum atomic E-state index is -0.493. The zero-order valence-electron chi connectivity index (χ0n) is 18.2. The van der Waals surface area contributed by atoms with E-state index in [0.717, 1.165) is 17.0 Å². The first kappa shape index (κ1) is 23.5. The molecule has 174 valence electrons. The van der Waals surface area contributed by atoms with E-state index in [0.29, 0.717) is 22.9 Å². The summed E-state index contributed by atoms with van der Waals surface area (Å²) in [7, 11) is 0. The highest BCUT2D eigenvalue weighted by atomic mass is 35.5. The molecule has 4 rings (SSSR count). The van der Waals surface area contributed by atoms with E-state index in [1.54, 1.807) is 12.1 Å². The Morgan fingerprint density at radius 1 is 1.18 bits per heavy atom. The standard InChI is InChI=1S/C22H21ClN8O2S/c1-14(7-8-15-5-3-2-4-6-15)25-27-22(32)19-18(13-34-17-11-9-16(23)10-12-17)31(30-26-19)21-20(24)28-33-29-21/h2-6,9-12H,7-8,13H2,1H3,(H2,24,28)(H,27,32)/b25-14-. The summed E-state index contributed by atoms with van der Waals surface area (Å²) in [4.78, 5) is 13.9. The number of nitrogens with one attached hydrogen (secondary N) is 1. The average molecular weight is 497 g/mol. The lowest BCUT2D eigenvalue weighted by molar-refractivity contribution is 0.0949. The molecule has 10 nitrogen and oxygen atoms in total. The van der Waals surface area contributed by atoms with E-state index in [1.165, 1.54) is 22.0 Å². The number of hydrazone groups is 1. The topological polar surface area (TPSA) is 137 Å². The molecule has 2 heterocycles. The molecule has 0 spiro atoms. The highest BCUT2D eigenvalue weighted by molar-refractivity contribution is 7.98. The van der Waals surface area contributed by atoms with Gasteiger partial charge in [0, 0.05) is 21.4 Å². The van der Waals surface area contributed by atoms with E-state index in [2.05, 4.69) is 47.9 Å². The number of hydrogen-bond acceptors (Lipinski definition) is 9. The van der Waals surface area contributed by atoms with E-state index < -0.39 is 5.91 Å². The monoisotopic (exact) mass is 496 g/mol. The van der Waals surface area contributed by atoms with Crippen LogP contribution in [0.15, 0.2) is 69.2 Å². The van der Waals surface area contributed by atoms with E-state index in [4.69, 9.17) is 17.3 Å². The van der Waals surface area contributed by atoms with Gasteiger partial charge in [-0.05, 0) is 59.9 Å². The first-order valence-electron chi connectivity index (χ1n) is 10.3. The Labute approximate surface area is 204 Å². The molecule has 0 atom stereocenters. The lowest BCUT2D eigenvalue weighted by atomic mass is 10.1. The highest BCUT2D eigenvalue weighted by Gasteiger charge is 2.24. The van der Waals surface area contributed by atoms with Gasteiger partial charge in [0.1, 0.15) is 0 Å². The second-order valence-corrected chi connectivity index (χ2v) is 8.77. The summed E-state index contributed by atoms with van der Waals surface area (Å²) in [5.74, 6) is 0.0395. The first-order valence-corrected chi connectivity index (χ1v) is 11.7. The van der Waals surface area contributed by atoms with Crippen LogP contribution < -0.4 is 11.2 Å². The third kappa shape index (κ3) is 5.80. The summed E-state index contributed by atoms with van der Waals surface area (Å²) in [6, 6.07) is 17.4.